The Labute approximate surface area is 126 Å². The van der Waals surface area contributed by atoms with E-state index in [0.29, 0.717) is 17.2 Å². The summed E-state index contributed by atoms with van der Waals surface area (Å²) in [6, 6.07) is 1.17. The Hall–Kier alpha value is -0.870. The molecule has 2 fully saturated rings. The maximum atomic E-state index is 6.29. The average Bonchev–Trinajstić information content (AvgIpc) is 2.88. The normalized spacial score (nSPS) is 26.9. The van der Waals surface area contributed by atoms with E-state index in [1.807, 2.05) is 6.92 Å². The molecule has 0 N–H and O–H groups in total. The first-order chi connectivity index (χ1) is 9.60. The van der Waals surface area contributed by atoms with Gasteiger partial charge in [-0.2, -0.15) is 0 Å². The van der Waals surface area contributed by atoms with Crippen LogP contribution in [0.2, 0.25) is 5.15 Å². The second-order valence-electron chi connectivity index (χ2n) is 6.03. The van der Waals surface area contributed by atoms with Crippen molar-refractivity contribution in [1.82, 2.24) is 14.9 Å². The smallest absolute Gasteiger partial charge is 0.137 e. The molecule has 1 aromatic rings. The van der Waals surface area contributed by atoms with Crippen LogP contribution in [-0.4, -0.2) is 46.6 Å². The Morgan fingerprint density at radius 2 is 2.10 bits per heavy atom. The van der Waals surface area contributed by atoms with Crippen molar-refractivity contribution in [3.63, 3.8) is 0 Å². The number of nitrogens with zero attached hydrogens (tertiary/aromatic N) is 4. The maximum Gasteiger partial charge on any atom is 0.137 e. The first-order valence-electron chi connectivity index (χ1n) is 7.63. The molecule has 20 heavy (non-hydrogen) atoms. The summed E-state index contributed by atoms with van der Waals surface area (Å²) in [4.78, 5) is 14.2. The fraction of sp³-hybridized carbons (Fsp3) is 0.733. The van der Waals surface area contributed by atoms with Gasteiger partial charge in [-0.1, -0.05) is 18.5 Å². The second-order valence-corrected chi connectivity index (χ2v) is 6.38. The van der Waals surface area contributed by atoms with E-state index in [2.05, 4.69) is 28.6 Å². The van der Waals surface area contributed by atoms with Gasteiger partial charge in [0, 0.05) is 37.2 Å². The molecule has 2 saturated heterocycles. The average molecular weight is 295 g/mol. The van der Waals surface area contributed by atoms with Gasteiger partial charge in [-0.3, -0.25) is 4.90 Å². The summed E-state index contributed by atoms with van der Waals surface area (Å²) < 4.78 is 0. The van der Waals surface area contributed by atoms with Gasteiger partial charge in [0.05, 0.1) is 0 Å². The molecule has 0 saturated carbocycles. The Morgan fingerprint density at radius 3 is 2.85 bits per heavy atom. The predicted molar refractivity (Wildman–Crippen MR) is 82.6 cm³/mol. The Morgan fingerprint density at radius 1 is 1.30 bits per heavy atom. The van der Waals surface area contributed by atoms with E-state index in [4.69, 9.17) is 16.6 Å². The van der Waals surface area contributed by atoms with Crippen LogP contribution in [0.3, 0.4) is 0 Å². The molecular weight excluding hydrogens is 272 g/mol. The van der Waals surface area contributed by atoms with Crippen molar-refractivity contribution >= 4 is 17.4 Å². The first-order valence-corrected chi connectivity index (χ1v) is 8.01. The van der Waals surface area contributed by atoms with E-state index >= 15 is 0 Å². The number of hydrogen-bond acceptors (Lipinski definition) is 4. The third-order valence-electron chi connectivity index (χ3n) is 4.63. The molecular formula is C15H23ClN4. The zero-order valence-electron chi connectivity index (χ0n) is 12.6. The highest BCUT2D eigenvalue weighted by molar-refractivity contribution is 6.30. The van der Waals surface area contributed by atoms with Gasteiger partial charge in [0.1, 0.15) is 16.8 Å². The van der Waals surface area contributed by atoms with Crippen molar-refractivity contribution in [2.24, 2.45) is 0 Å². The summed E-state index contributed by atoms with van der Waals surface area (Å²) in [6.45, 7) is 9.85. The van der Waals surface area contributed by atoms with Crippen LogP contribution >= 0.6 is 11.6 Å². The van der Waals surface area contributed by atoms with E-state index in [0.717, 1.165) is 36.7 Å². The number of hydrogen-bond donors (Lipinski definition) is 0. The largest absolute Gasteiger partial charge is 0.351 e. The van der Waals surface area contributed by atoms with Crippen LogP contribution in [0.15, 0.2) is 0 Å². The molecule has 0 amide bonds. The number of rotatable bonds is 2. The van der Waals surface area contributed by atoms with Gasteiger partial charge in [0.15, 0.2) is 0 Å². The molecule has 0 aromatic carbocycles. The Bertz CT molecular complexity index is 505. The van der Waals surface area contributed by atoms with E-state index in [-0.39, 0.29) is 0 Å². The molecule has 0 spiro atoms. The van der Waals surface area contributed by atoms with Gasteiger partial charge in [0.2, 0.25) is 0 Å². The highest BCUT2D eigenvalue weighted by atomic mass is 35.5. The van der Waals surface area contributed by atoms with E-state index in [1.54, 1.807) is 0 Å². The van der Waals surface area contributed by atoms with Gasteiger partial charge in [-0.25, -0.2) is 9.97 Å². The lowest BCUT2D eigenvalue weighted by Crippen LogP contribution is -2.55. The number of aryl methyl sites for hydroxylation is 1. The minimum Gasteiger partial charge on any atom is -0.351 e. The van der Waals surface area contributed by atoms with E-state index < -0.39 is 0 Å². The van der Waals surface area contributed by atoms with Crippen molar-refractivity contribution in [3.8, 4) is 0 Å². The molecule has 3 heterocycles. The third-order valence-corrected chi connectivity index (χ3v) is 5.00. The van der Waals surface area contributed by atoms with Crippen molar-refractivity contribution in [2.45, 2.75) is 52.1 Å². The summed E-state index contributed by atoms with van der Waals surface area (Å²) in [5.74, 6) is 1.89. The standard InChI is InChI=1S/C15H23ClN4/c1-4-13-17-14(16)11(3)15(18-13)20-9-12-6-5-7-19(12)8-10(20)2/h10,12H,4-9H2,1-3H3. The fourth-order valence-electron chi connectivity index (χ4n) is 3.44. The van der Waals surface area contributed by atoms with Gasteiger partial charge in [-0.05, 0) is 33.2 Å². The summed E-state index contributed by atoms with van der Waals surface area (Å²) in [5.41, 5.74) is 1.02. The van der Waals surface area contributed by atoms with Crippen LogP contribution in [0.25, 0.3) is 0 Å². The van der Waals surface area contributed by atoms with Gasteiger partial charge in [-0.15, -0.1) is 0 Å². The van der Waals surface area contributed by atoms with Crippen LogP contribution in [0.1, 0.15) is 38.1 Å². The molecule has 110 valence electrons. The SMILES string of the molecule is CCc1nc(Cl)c(C)c(N2CC3CCCN3CC2C)n1. The number of fused-ring (bicyclic) bond motifs is 1. The molecule has 0 bridgehead atoms. The zero-order chi connectivity index (χ0) is 14.3. The topological polar surface area (TPSA) is 32.3 Å². The fourth-order valence-corrected chi connectivity index (χ4v) is 3.62. The van der Waals surface area contributed by atoms with Gasteiger partial charge >= 0.3 is 0 Å². The number of halogens is 1. The monoisotopic (exact) mass is 294 g/mol. The lowest BCUT2D eigenvalue weighted by molar-refractivity contribution is 0.202. The lowest BCUT2D eigenvalue weighted by Gasteiger charge is -2.43. The van der Waals surface area contributed by atoms with E-state index in [1.165, 1.54) is 19.4 Å². The molecule has 2 atom stereocenters. The quantitative estimate of drug-likeness (QED) is 0.785. The number of piperazine rings is 1. The van der Waals surface area contributed by atoms with Crippen molar-refractivity contribution in [2.75, 3.05) is 24.5 Å². The Kier molecular flexibility index (Phi) is 3.87. The molecule has 0 aliphatic carbocycles. The summed E-state index contributed by atoms with van der Waals surface area (Å²) in [6.07, 6.45) is 3.46. The van der Waals surface area contributed by atoms with Crippen LogP contribution in [0.5, 0.6) is 0 Å². The zero-order valence-corrected chi connectivity index (χ0v) is 13.3. The van der Waals surface area contributed by atoms with Crippen LogP contribution in [0.4, 0.5) is 5.82 Å². The third kappa shape index (κ3) is 2.40. The first kappa shape index (κ1) is 14.1. The molecule has 2 aliphatic heterocycles. The minimum absolute atomic E-state index is 0.485. The molecule has 1 aromatic heterocycles. The molecule has 2 aliphatic rings. The number of aromatic nitrogens is 2. The van der Waals surface area contributed by atoms with Crippen molar-refractivity contribution < 1.29 is 0 Å². The molecule has 3 rings (SSSR count). The van der Waals surface area contributed by atoms with Crippen LogP contribution in [0, 0.1) is 6.92 Å². The predicted octanol–water partition coefficient (Wildman–Crippen LogP) is 2.67. The van der Waals surface area contributed by atoms with Crippen molar-refractivity contribution in [3.05, 3.63) is 16.5 Å². The molecule has 0 radical (unpaired) electrons. The Balaban J connectivity index is 1.93. The second kappa shape index (κ2) is 5.49. The van der Waals surface area contributed by atoms with E-state index in [9.17, 15) is 0 Å². The molecule has 4 nitrogen and oxygen atoms in total. The lowest BCUT2D eigenvalue weighted by atomic mass is 10.1. The number of anilines is 1. The minimum atomic E-state index is 0.485. The van der Waals surface area contributed by atoms with Crippen molar-refractivity contribution in [1.29, 1.82) is 0 Å². The summed E-state index contributed by atoms with van der Waals surface area (Å²) >= 11 is 6.29. The molecule has 2 unspecified atom stereocenters. The highest BCUT2D eigenvalue weighted by Gasteiger charge is 2.35. The van der Waals surface area contributed by atoms with Crippen LogP contribution in [-0.2, 0) is 6.42 Å². The van der Waals surface area contributed by atoms with Gasteiger partial charge in [0.25, 0.3) is 0 Å². The summed E-state index contributed by atoms with van der Waals surface area (Å²) in [7, 11) is 0. The maximum absolute atomic E-state index is 6.29. The van der Waals surface area contributed by atoms with Crippen LogP contribution < -0.4 is 4.90 Å². The molecule has 5 heteroatoms. The van der Waals surface area contributed by atoms with Gasteiger partial charge < -0.3 is 4.90 Å². The highest BCUT2D eigenvalue weighted by Crippen LogP contribution is 2.31. The summed E-state index contributed by atoms with van der Waals surface area (Å²) in [5, 5.41) is 0.605.